The van der Waals surface area contributed by atoms with Gasteiger partial charge in [0.15, 0.2) is 0 Å². The summed E-state index contributed by atoms with van der Waals surface area (Å²) in [5.41, 5.74) is 1.70. The Kier molecular flexibility index (Phi) is 10.1. The first-order valence-electron chi connectivity index (χ1n) is 12.5. The molecule has 39 heavy (non-hydrogen) atoms. The van der Waals surface area contributed by atoms with Gasteiger partial charge < -0.3 is 15.0 Å². The van der Waals surface area contributed by atoms with Crippen molar-refractivity contribution in [3.8, 4) is 5.75 Å². The van der Waals surface area contributed by atoms with Crippen molar-refractivity contribution in [1.82, 2.24) is 10.2 Å². The van der Waals surface area contributed by atoms with Gasteiger partial charge in [-0.1, -0.05) is 42.5 Å². The number of carbonyl (C=O) groups is 2. The Morgan fingerprint density at radius 2 is 1.54 bits per heavy atom. The van der Waals surface area contributed by atoms with Crippen LogP contribution in [0.3, 0.4) is 0 Å². The lowest BCUT2D eigenvalue weighted by Crippen LogP contribution is -2.54. The Morgan fingerprint density at radius 1 is 0.923 bits per heavy atom. The molecule has 2 amide bonds. The highest BCUT2D eigenvalue weighted by Gasteiger charge is 2.33. The average molecular weight is 556 g/mol. The van der Waals surface area contributed by atoms with Gasteiger partial charge in [-0.2, -0.15) is 0 Å². The topological polar surface area (TPSA) is 96.0 Å². The van der Waals surface area contributed by atoms with Gasteiger partial charge in [-0.05, 0) is 61.4 Å². The highest BCUT2D eigenvalue weighted by molar-refractivity contribution is 7.92. The maximum Gasteiger partial charge on any atom is 0.244 e. The third-order valence-electron chi connectivity index (χ3n) is 6.01. The van der Waals surface area contributed by atoms with E-state index >= 15 is 0 Å². The second-order valence-electron chi connectivity index (χ2n) is 9.48. The molecule has 0 aliphatic heterocycles. The molecule has 0 bridgehead atoms. The summed E-state index contributed by atoms with van der Waals surface area (Å²) in [4.78, 5) is 28.8. The van der Waals surface area contributed by atoms with Gasteiger partial charge in [0.25, 0.3) is 0 Å². The highest BCUT2D eigenvalue weighted by atomic mass is 32.2. The maximum absolute atomic E-state index is 13.9. The first-order chi connectivity index (χ1) is 18.5. The van der Waals surface area contributed by atoms with Crippen molar-refractivity contribution < 1.29 is 27.1 Å². The van der Waals surface area contributed by atoms with Gasteiger partial charge in [0, 0.05) is 19.0 Å². The van der Waals surface area contributed by atoms with Crippen molar-refractivity contribution in [2.75, 3.05) is 24.2 Å². The molecule has 0 saturated carbocycles. The molecule has 0 unspecified atom stereocenters. The van der Waals surface area contributed by atoms with E-state index in [9.17, 15) is 22.4 Å². The number of methoxy groups -OCH3 is 1. The summed E-state index contributed by atoms with van der Waals surface area (Å²) >= 11 is 0. The van der Waals surface area contributed by atoms with Gasteiger partial charge in [0.1, 0.15) is 24.2 Å². The smallest absolute Gasteiger partial charge is 0.244 e. The Hall–Kier alpha value is -3.92. The summed E-state index contributed by atoms with van der Waals surface area (Å²) in [5, 5.41) is 2.88. The lowest BCUT2D eigenvalue weighted by Gasteiger charge is -2.34. The van der Waals surface area contributed by atoms with E-state index in [4.69, 9.17) is 4.74 Å². The maximum atomic E-state index is 13.9. The average Bonchev–Trinajstić information content (AvgIpc) is 2.90. The number of benzene rings is 3. The molecule has 0 fully saturated rings. The van der Waals surface area contributed by atoms with Crippen LogP contribution < -0.4 is 14.4 Å². The molecule has 0 spiro atoms. The molecule has 0 radical (unpaired) electrons. The number of amides is 2. The number of hydrogen-bond acceptors (Lipinski definition) is 5. The Balaban J connectivity index is 2.03. The van der Waals surface area contributed by atoms with E-state index in [1.54, 1.807) is 24.3 Å². The first kappa shape index (κ1) is 29.6. The summed E-state index contributed by atoms with van der Waals surface area (Å²) in [6, 6.07) is 20.0. The Morgan fingerprint density at radius 3 is 2.08 bits per heavy atom. The number of carbonyl (C=O) groups excluding carboxylic acids is 2. The second-order valence-corrected chi connectivity index (χ2v) is 11.4. The number of nitrogens with zero attached hydrogens (tertiary/aromatic N) is 2. The van der Waals surface area contributed by atoms with Crippen LogP contribution >= 0.6 is 0 Å². The zero-order valence-electron chi connectivity index (χ0n) is 22.5. The molecular formula is C29H34FN3O5S. The highest BCUT2D eigenvalue weighted by Crippen LogP contribution is 2.23. The molecule has 0 heterocycles. The Labute approximate surface area is 229 Å². The number of ether oxygens (including phenoxy) is 1. The van der Waals surface area contributed by atoms with E-state index in [-0.39, 0.29) is 30.6 Å². The minimum Gasteiger partial charge on any atom is -0.497 e. The molecule has 0 aliphatic carbocycles. The standard InChI is InChI=1S/C29H34FN3O5S/c1-21(2)31-29(35)27(18-22-8-6-5-7-9-22)32(19-23-10-12-24(30)13-11-23)28(34)20-33(39(4,36)37)25-14-16-26(38-3)17-15-25/h5-17,21,27H,18-20H2,1-4H3,(H,31,35)/t27-/m1/s1. The molecule has 10 heteroatoms. The monoisotopic (exact) mass is 555 g/mol. The van der Waals surface area contributed by atoms with Crippen molar-refractivity contribution in [3.05, 3.63) is 95.8 Å². The van der Waals surface area contributed by atoms with Crippen molar-refractivity contribution in [2.24, 2.45) is 0 Å². The molecule has 0 saturated heterocycles. The van der Waals surface area contributed by atoms with Crippen LogP contribution in [0.25, 0.3) is 0 Å². The molecule has 0 aliphatic rings. The first-order valence-corrected chi connectivity index (χ1v) is 14.3. The van der Waals surface area contributed by atoms with Crippen LogP contribution in [0.1, 0.15) is 25.0 Å². The zero-order chi connectivity index (χ0) is 28.6. The number of nitrogens with one attached hydrogen (secondary N) is 1. The minimum absolute atomic E-state index is 0.0255. The normalized spacial score (nSPS) is 12.1. The van der Waals surface area contributed by atoms with E-state index in [1.807, 2.05) is 44.2 Å². The molecule has 1 N–H and O–H groups in total. The number of hydrogen-bond donors (Lipinski definition) is 1. The van der Waals surface area contributed by atoms with Crippen molar-refractivity contribution in [2.45, 2.75) is 38.9 Å². The molecule has 3 aromatic carbocycles. The molecule has 208 valence electrons. The summed E-state index contributed by atoms with van der Waals surface area (Å²) in [6.07, 6.45) is 1.22. The van der Waals surface area contributed by atoms with E-state index in [2.05, 4.69) is 5.32 Å². The predicted molar refractivity (Wildman–Crippen MR) is 149 cm³/mol. The summed E-state index contributed by atoms with van der Waals surface area (Å²) in [5.74, 6) is -0.859. The number of rotatable bonds is 12. The third kappa shape index (κ3) is 8.54. The Bertz CT molecular complexity index is 1350. The van der Waals surface area contributed by atoms with Gasteiger partial charge in [-0.25, -0.2) is 12.8 Å². The molecule has 3 aromatic rings. The van der Waals surface area contributed by atoms with Crippen LogP contribution in [0.4, 0.5) is 10.1 Å². The zero-order valence-corrected chi connectivity index (χ0v) is 23.3. The number of sulfonamides is 1. The van der Waals surface area contributed by atoms with E-state index in [0.29, 0.717) is 11.3 Å². The fraction of sp³-hybridized carbons (Fsp3) is 0.310. The van der Waals surface area contributed by atoms with Gasteiger partial charge in [-0.3, -0.25) is 13.9 Å². The van der Waals surface area contributed by atoms with E-state index in [1.165, 1.54) is 36.3 Å². The van der Waals surface area contributed by atoms with Gasteiger partial charge in [0.2, 0.25) is 21.8 Å². The second kappa shape index (κ2) is 13.2. The van der Waals surface area contributed by atoms with Crippen molar-refractivity contribution in [3.63, 3.8) is 0 Å². The minimum atomic E-state index is -3.87. The number of halogens is 1. The SMILES string of the molecule is COc1ccc(N(CC(=O)N(Cc2ccc(F)cc2)[C@H](Cc2ccccc2)C(=O)NC(C)C)S(C)(=O)=O)cc1. The molecule has 0 aromatic heterocycles. The van der Waals surface area contributed by atoms with Gasteiger partial charge >= 0.3 is 0 Å². The van der Waals surface area contributed by atoms with Crippen LogP contribution in [-0.2, 0) is 32.6 Å². The fourth-order valence-corrected chi connectivity index (χ4v) is 4.93. The van der Waals surface area contributed by atoms with Crippen molar-refractivity contribution >= 4 is 27.5 Å². The van der Waals surface area contributed by atoms with Gasteiger partial charge in [0.05, 0.1) is 19.1 Å². The fourth-order valence-electron chi connectivity index (χ4n) is 4.08. The summed E-state index contributed by atoms with van der Waals surface area (Å²) in [6.45, 7) is 3.08. The predicted octanol–water partition coefficient (Wildman–Crippen LogP) is 3.77. The molecule has 8 nitrogen and oxygen atoms in total. The summed E-state index contributed by atoms with van der Waals surface area (Å²) in [7, 11) is -2.38. The summed E-state index contributed by atoms with van der Waals surface area (Å²) < 4.78 is 45.3. The van der Waals surface area contributed by atoms with Crippen LogP contribution in [0.15, 0.2) is 78.9 Å². The largest absolute Gasteiger partial charge is 0.497 e. The van der Waals surface area contributed by atoms with Crippen LogP contribution in [-0.4, -0.2) is 57.1 Å². The number of anilines is 1. The van der Waals surface area contributed by atoms with E-state index in [0.717, 1.165) is 16.1 Å². The molecular weight excluding hydrogens is 521 g/mol. The quantitative estimate of drug-likeness (QED) is 0.367. The van der Waals surface area contributed by atoms with Crippen molar-refractivity contribution in [1.29, 1.82) is 0 Å². The lowest BCUT2D eigenvalue weighted by atomic mass is 10.0. The van der Waals surface area contributed by atoms with Crippen LogP contribution in [0.5, 0.6) is 5.75 Å². The third-order valence-corrected chi connectivity index (χ3v) is 7.15. The molecule has 1 atom stereocenters. The van der Waals surface area contributed by atoms with Gasteiger partial charge in [-0.15, -0.1) is 0 Å². The molecule has 3 rings (SSSR count). The van der Waals surface area contributed by atoms with Crippen LogP contribution in [0, 0.1) is 5.82 Å². The van der Waals surface area contributed by atoms with E-state index < -0.39 is 34.3 Å². The lowest BCUT2D eigenvalue weighted by molar-refractivity contribution is -0.140. The van der Waals surface area contributed by atoms with Crippen LogP contribution in [0.2, 0.25) is 0 Å².